The van der Waals surface area contributed by atoms with E-state index in [1.54, 1.807) is 0 Å². The Bertz CT molecular complexity index is 234. The maximum Gasteiger partial charge on any atom is 0.0237 e. The van der Waals surface area contributed by atoms with Crippen LogP contribution in [0.15, 0.2) is 0 Å². The lowest BCUT2D eigenvalue weighted by molar-refractivity contribution is 0.0642. The smallest absolute Gasteiger partial charge is 0.0237 e. The summed E-state index contributed by atoms with van der Waals surface area (Å²) in [4.78, 5) is 2.78. The van der Waals surface area contributed by atoms with Crippen molar-refractivity contribution in [1.82, 2.24) is 10.2 Å². The minimum atomic E-state index is 0.529. The molecule has 0 aromatic heterocycles. The summed E-state index contributed by atoms with van der Waals surface area (Å²) >= 11 is 2.16. The zero-order valence-electron chi connectivity index (χ0n) is 11.7. The van der Waals surface area contributed by atoms with Gasteiger partial charge in [0.1, 0.15) is 0 Å². The summed E-state index contributed by atoms with van der Waals surface area (Å²) in [5.41, 5.74) is 0.529. The molecule has 3 heteroatoms. The highest BCUT2D eigenvalue weighted by Crippen LogP contribution is 2.38. The van der Waals surface area contributed by atoms with Crippen LogP contribution in [-0.4, -0.2) is 49.1 Å². The summed E-state index contributed by atoms with van der Waals surface area (Å²) in [6.07, 6.45) is 4.16. The van der Waals surface area contributed by atoms with Gasteiger partial charge < -0.3 is 5.32 Å². The highest BCUT2D eigenvalue weighted by molar-refractivity contribution is 7.99. The number of likely N-dealkylation sites (tertiary alicyclic amines) is 1. The van der Waals surface area contributed by atoms with Crippen molar-refractivity contribution in [2.24, 2.45) is 11.3 Å². The molecule has 1 unspecified atom stereocenters. The fourth-order valence-corrected chi connectivity index (χ4v) is 5.00. The molecule has 2 saturated heterocycles. The first-order valence-electron chi connectivity index (χ1n) is 7.10. The Morgan fingerprint density at radius 3 is 2.59 bits per heavy atom. The predicted molar refractivity (Wildman–Crippen MR) is 77.7 cm³/mol. The van der Waals surface area contributed by atoms with Crippen molar-refractivity contribution < 1.29 is 0 Å². The molecular weight excluding hydrogens is 228 g/mol. The van der Waals surface area contributed by atoms with Crippen LogP contribution < -0.4 is 5.32 Å². The number of thioether (sulfide) groups is 1. The van der Waals surface area contributed by atoms with E-state index in [9.17, 15) is 0 Å². The molecular formula is C14H28N2S. The second kappa shape index (κ2) is 5.94. The second-order valence-electron chi connectivity index (χ2n) is 6.37. The van der Waals surface area contributed by atoms with E-state index in [2.05, 4.69) is 42.9 Å². The van der Waals surface area contributed by atoms with Crippen LogP contribution in [0.1, 0.15) is 33.1 Å². The molecule has 0 aliphatic carbocycles. The minimum Gasteiger partial charge on any atom is -0.319 e. The summed E-state index contributed by atoms with van der Waals surface area (Å²) in [5.74, 6) is 3.62. The van der Waals surface area contributed by atoms with Gasteiger partial charge in [0, 0.05) is 11.8 Å². The lowest BCUT2D eigenvalue weighted by Crippen LogP contribution is -2.52. The number of nitrogens with zero attached hydrogens (tertiary/aromatic N) is 1. The van der Waals surface area contributed by atoms with Gasteiger partial charge >= 0.3 is 0 Å². The maximum absolute atomic E-state index is 3.33. The quantitative estimate of drug-likeness (QED) is 0.835. The Kier molecular flexibility index (Phi) is 4.79. The Hall–Kier alpha value is 0.270. The second-order valence-corrected chi connectivity index (χ2v) is 7.52. The third-order valence-corrected chi connectivity index (χ3v) is 5.70. The molecule has 2 aliphatic rings. The van der Waals surface area contributed by atoms with Crippen molar-refractivity contribution >= 4 is 11.8 Å². The summed E-state index contributed by atoms with van der Waals surface area (Å²) in [5, 5.41) is 3.33. The predicted octanol–water partition coefficient (Wildman–Crippen LogP) is 2.45. The van der Waals surface area contributed by atoms with Crippen molar-refractivity contribution in [2.75, 3.05) is 38.2 Å². The fraction of sp³-hybridized carbons (Fsp3) is 1.00. The van der Waals surface area contributed by atoms with Crippen LogP contribution in [0.25, 0.3) is 0 Å². The van der Waals surface area contributed by atoms with Gasteiger partial charge in [0.2, 0.25) is 0 Å². The van der Waals surface area contributed by atoms with Crippen molar-refractivity contribution in [3.63, 3.8) is 0 Å². The highest BCUT2D eigenvalue weighted by Gasteiger charge is 2.37. The Morgan fingerprint density at radius 1 is 1.29 bits per heavy atom. The summed E-state index contributed by atoms with van der Waals surface area (Å²) in [7, 11) is 2.08. The maximum atomic E-state index is 3.33. The van der Waals surface area contributed by atoms with Crippen molar-refractivity contribution in [3.05, 3.63) is 0 Å². The zero-order chi connectivity index (χ0) is 12.3. The molecule has 100 valence electrons. The number of nitrogens with one attached hydrogen (secondary N) is 1. The first-order chi connectivity index (χ1) is 8.13. The van der Waals surface area contributed by atoms with E-state index in [0.29, 0.717) is 5.41 Å². The largest absolute Gasteiger partial charge is 0.319 e. The molecule has 17 heavy (non-hydrogen) atoms. The first-order valence-corrected chi connectivity index (χ1v) is 8.25. The third kappa shape index (κ3) is 3.39. The highest BCUT2D eigenvalue weighted by atomic mass is 32.2. The minimum absolute atomic E-state index is 0.529. The van der Waals surface area contributed by atoms with Crippen molar-refractivity contribution in [3.8, 4) is 0 Å². The molecule has 1 N–H and O–H groups in total. The van der Waals surface area contributed by atoms with E-state index in [0.717, 1.165) is 12.0 Å². The average Bonchev–Trinajstić information content (AvgIpc) is 2.30. The molecule has 2 fully saturated rings. The van der Waals surface area contributed by atoms with E-state index < -0.39 is 0 Å². The van der Waals surface area contributed by atoms with E-state index in [4.69, 9.17) is 0 Å². The van der Waals surface area contributed by atoms with Crippen LogP contribution in [0.4, 0.5) is 0 Å². The van der Waals surface area contributed by atoms with Crippen LogP contribution >= 0.6 is 11.8 Å². The molecule has 0 aromatic carbocycles. The molecule has 2 nitrogen and oxygen atoms in total. The third-order valence-electron chi connectivity index (χ3n) is 4.65. The van der Waals surface area contributed by atoms with Gasteiger partial charge in [0.25, 0.3) is 0 Å². The lowest BCUT2D eigenvalue weighted by Gasteiger charge is -2.47. The standard InChI is InChI=1S/C14H28N2S/c1-14(2)6-9-17-11-13(14)16-7-4-12(5-8-16)10-15-3/h12-13,15H,4-11H2,1-3H3. The number of rotatable bonds is 3. The van der Waals surface area contributed by atoms with E-state index >= 15 is 0 Å². The lowest BCUT2D eigenvalue weighted by atomic mass is 9.80. The zero-order valence-corrected chi connectivity index (χ0v) is 12.5. The van der Waals surface area contributed by atoms with Gasteiger partial charge in [-0.05, 0) is 63.0 Å². The normalized spacial score (nSPS) is 31.6. The van der Waals surface area contributed by atoms with Crippen LogP contribution in [0.5, 0.6) is 0 Å². The molecule has 0 bridgehead atoms. The Labute approximate surface area is 111 Å². The van der Waals surface area contributed by atoms with Crippen LogP contribution in [0.2, 0.25) is 0 Å². The summed E-state index contributed by atoms with van der Waals surface area (Å²) < 4.78 is 0. The van der Waals surface area contributed by atoms with Gasteiger partial charge in [-0.1, -0.05) is 13.8 Å². The fourth-order valence-electron chi connectivity index (χ4n) is 3.28. The van der Waals surface area contributed by atoms with E-state index in [1.807, 2.05) is 0 Å². The van der Waals surface area contributed by atoms with Gasteiger partial charge in [0.05, 0.1) is 0 Å². The summed E-state index contributed by atoms with van der Waals surface area (Å²) in [6.45, 7) is 8.78. The van der Waals surface area contributed by atoms with Gasteiger partial charge in [0.15, 0.2) is 0 Å². The van der Waals surface area contributed by atoms with E-state index in [1.165, 1.54) is 50.4 Å². The molecule has 1 atom stereocenters. The van der Waals surface area contributed by atoms with Crippen molar-refractivity contribution in [1.29, 1.82) is 0 Å². The van der Waals surface area contributed by atoms with Gasteiger partial charge in [-0.3, -0.25) is 4.90 Å². The van der Waals surface area contributed by atoms with E-state index in [-0.39, 0.29) is 0 Å². The number of hydrogen-bond donors (Lipinski definition) is 1. The Morgan fingerprint density at radius 2 is 2.00 bits per heavy atom. The van der Waals surface area contributed by atoms with Crippen molar-refractivity contribution in [2.45, 2.75) is 39.2 Å². The first kappa shape index (κ1) is 13.7. The molecule has 0 spiro atoms. The molecule has 2 rings (SSSR count). The molecule has 0 amide bonds. The topological polar surface area (TPSA) is 15.3 Å². The average molecular weight is 256 g/mol. The Balaban J connectivity index is 1.87. The monoisotopic (exact) mass is 256 g/mol. The van der Waals surface area contributed by atoms with Gasteiger partial charge in [-0.15, -0.1) is 0 Å². The van der Waals surface area contributed by atoms with Crippen LogP contribution in [-0.2, 0) is 0 Å². The molecule has 0 radical (unpaired) electrons. The van der Waals surface area contributed by atoms with Crippen LogP contribution in [0.3, 0.4) is 0 Å². The molecule has 0 saturated carbocycles. The number of piperidine rings is 1. The SMILES string of the molecule is CNCC1CCN(C2CSCCC2(C)C)CC1. The summed E-state index contributed by atoms with van der Waals surface area (Å²) in [6, 6.07) is 0.816. The molecule has 2 heterocycles. The molecule has 0 aromatic rings. The van der Waals surface area contributed by atoms with Gasteiger partial charge in [-0.25, -0.2) is 0 Å². The number of hydrogen-bond acceptors (Lipinski definition) is 3. The van der Waals surface area contributed by atoms with Gasteiger partial charge in [-0.2, -0.15) is 11.8 Å². The molecule has 2 aliphatic heterocycles. The van der Waals surface area contributed by atoms with Crippen LogP contribution in [0, 0.1) is 11.3 Å².